The summed E-state index contributed by atoms with van der Waals surface area (Å²) in [5, 5.41) is 11.8. The summed E-state index contributed by atoms with van der Waals surface area (Å²) >= 11 is 0. The van der Waals surface area contributed by atoms with E-state index >= 15 is 0 Å². The van der Waals surface area contributed by atoms with E-state index in [4.69, 9.17) is 9.15 Å². The third-order valence-electron chi connectivity index (χ3n) is 2.86. The van der Waals surface area contributed by atoms with Gasteiger partial charge in [-0.25, -0.2) is 4.79 Å². The molecule has 5 nitrogen and oxygen atoms in total. The minimum Gasteiger partial charge on any atom is -0.872 e. The Morgan fingerprint density at radius 1 is 1.29 bits per heavy atom. The van der Waals surface area contributed by atoms with E-state index in [1.807, 2.05) is 0 Å². The molecule has 2 rings (SSSR count). The molecule has 6 heteroatoms. The molecular weight excluding hydrogens is 283 g/mol. The SMILES string of the molecule is COC(C(=O)c1c([O-])cc(C)oc1=O)c1ccccc1.[Na+]. The number of rotatable bonds is 4. The number of aryl methyl sites for hydroxylation is 1. The van der Waals surface area contributed by atoms with Crippen LogP contribution in [0.15, 0.2) is 45.6 Å². The summed E-state index contributed by atoms with van der Waals surface area (Å²) in [6, 6.07) is 9.76. The monoisotopic (exact) mass is 296 g/mol. The van der Waals surface area contributed by atoms with Crippen LogP contribution in [0.25, 0.3) is 0 Å². The van der Waals surface area contributed by atoms with Crippen molar-refractivity contribution in [1.82, 2.24) is 0 Å². The van der Waals surface area contributed by atoms with Crippen molar-refractivity contribution in [2.45, 2.75) is 13.0 Å². The summed E-state index contributed by atoms with van der Waals surface area (Å²) in [5.41, 5.74) is -0.872. The van der Waals surface area contributed by atoms with Gasteiger partial charge in [0.15, 0.2) is 0 Å². The van der Waals surface area contributed by atoms with E-state index in [0.29, 0.717) is 5.56 Å². The van der Waals surface area contributed by atoms with Gasteiger partial charge in [0.25, 0.3) is 0 Å². The fourth-order valence-electron chi connectivity index (χ4n) is 1.96. The maximum atomic E-state index is 12.3. The first-order valence-electron chi connectivity index (χ1n) is 5.98. The number of Topliss-reactive ketones (excluding diaryl/α,β-unsaturated/α-hetero) is 1. The van der Waals surface area contributed by atoms with Crippen molar-refractivity contribution < 1.29 is 48.6 Å². The first-order chi connectivity index (χ1) is 9.54. The van der Waals surface area contributed by atoms with Crippen molar-refractivity contribution in [3.05, 3.63) is 63.7 Å². The van der Waals surface area contributed by atoms with Crippen LogP contribution in [0.3, 0.4) is 0 Å². The summed E-state index contributed by atoms with van der Waals surface area (Å²) < 4.78 is 9.93. The van der Waals surface area contributed by atoms with Gasteiger partial charge in [-0.3, -0.25) is 4.79 Å². The van der Waals surface area contributed by atoms with Gasteiger partial charge in [-0.05, 0) is 18.6 Å². The summed E-state index contributed by atoms with van der Waals surface area (Å²) in [4.78, 5) is 24.1. The normalized spacial score (nSPS) is 11.5. The molecule has 0 bridgehead atoms. The maximum absolute atomic E-state index is 12.3. The van der Waals surface area contributed by atoms with Crippen molar-refractivity contribution in [2.75, 3.05) is 7.11 Å². The zero-order valence-electron chi connectivity index (χ0n) is 12.1. The molecule has 2 aromatic rings. The molecule has 21 heavy (non-hydrogen) atoms. The van der Waals surface area contributed by atoms with Crippen LogP contribution in [0, 0.1) is 6.92 Å². The Hall–Kier alpha value is -1.40. The molecule has 1 heterocycles. The van der Waals surface area contributed by atoms with Crippen molar-refractivity contribution in [3.8, 4) is 5.75 Å². The van der Waals surface area contributed by atoms with Crippen LogP contribution in [-0.4, -0.2) is 12.9 Å². The molecule has 0 saturated carbocycles. The average molecular weight is 296 g/mol. The summed E-state index contributed by atoms with van der Waals surface area (Å²) in [6.45, 7) is 1.47. The van der Waals surface area contributed by atoms with Crippen LogP contribution in [-0.2, 0) is 4.74 Å². The van der Waals surface area contributed by atoms with Crippen LogP contribution in [0.4, 0.5) is 0 Å². The van der Waals surface area contributed by atoms with E-state index in [2.05, 4.69) is 0 Å². The molecule has 0 N–H and O–H groups in total. The first-order valence-corrected chi connectivity index (χ1v) is 5.98. The molecule has 1 unspecified atom stereocenters. The molecule has 1 aromatic heterocycles. The van der Waals surface area contributed by atoms with Gasteiger partial charge in [-0.15, -0.1) is 0 Å². The second-order valence-corrected chi connectivity index (χ2v) is 4.27. The predicted molar refractivity (Wildman–Crippen MR) is 69.7 cm³/mol. The Kier molecular flexibility index (Phi) is 6.36. The minimum atomic E-state index is -1.01. The van der Waals surface area contributed by atoms with Gasteiger partial charge in [0.1, 0.15) is 11.9 Å². The zero-order chi connectivity index (χ0) is 14.7. The fourth-order valence-corrected chi connectivity index (χ4v) is 1.96. The van der Waals surface area contributed by atoms with Crippen molar-refractivity contribution >= 4 is 5.78 Å². The van der Waals surface area contributed by atoms with Gasteiger partial charge in [0, 0.05) is 7.11 Å². The molecular formula is C15H13NaO5. The number of ether oxygens (including phenoxy) is 1. The van der Waals surface area contributed by atoms with E-state index in [1.54, 1.807) is 30.3 Å². The molecule has 0 fully saturated rings. The van der Waals surface area contributed by atoms with E-state index in [9.17, 15) is 14.7 Å². The third-order valence-corrected chi connectivity index (χ3v) is 2.86. The molecule has 1 atom stereocenters. The Morgan fingerprint density at radius 2 is 1.90 bits per heavy atom. The molecule has 0 spiro atoms. The molecule has 104 valence electrons. The molecule has 0 amide bonds. The molecule has 0 aliphatic carbocycles. The van der Waals surface area contributed by atoms with Crippen LogP contribution >= 0.6 is 0 Å². The minimum absolute atomic E-state index is 0. The quantitative estimate of drug-likeness (QED) is 0.512. The Morgan fingerprint density at radius 3 is 2.43 bits per heavy atom. The molecule has 0 radical (unpaired) electrons. The number of carbonyl (C=O) groups is 1. The van der Waals surface area contributed by atoms with Crippen molar-refractivity contribution in [3.63, 3.8) is 0 Å². The molecule has 1 aromatic carbocycles. The van der Waals surface area contributed by atoms with Crippen LogP contribution in [0.5, 0.6) is 5.75 Å². The van der Waals surface area contributed by atoms with Crippen LogP contribution in [0.2, 0.25) is 0 Å². The topological polar surface area (TPSA) is 79.6 Å². The second-order valence-electron chi connectivity index (χ2n) is 4.27. The second kappa shape index (κ2) is 7.56. The number of carbonyl (C=O) groups excluding carboxylic acids is 1. The number of ketones is 1. The van der Waals surface area contributed by atoms with E-state index in [1.165, 1.54) is 14.0 Å². The molecule has 0 saturated heterocycles. The van der Waals surface area contributed by atoms with E-state index < -0.39 is 28.8 Å². The Bertz CT molecular complexity index is 678. The van der Waals surface area contributed by atoms with Crippen LogP contribution < -0.4 is 40.3 Å². The average Bonchev–Trinajstić information content (AvgIpc) is 2.39. The molecule has 0 aliphatic heterocycles. The summed E-state index contributed by atoms with van der Waals surface area (Å²) in [5.74, 6) is -1.18. The van der Waals surface area contributed by atoms with Crippen LogP contribution in [0.1, 0.15) is 27.8 Å². The first kappa shape index (κ1) is 17.7. The standard InChI is InChI=1S/C15H14O5.Na/c1-9-8-11(16)12(15(18)20-9)13(17)14(19-2)10-6-4-3-5-7-10;/h3-8,14,16H,1-2H3;/q;+1/p-1. The predicted octanol–water partition coefficient (Wildman–Crippen LogP) is -1.40. The van der Waals surface area contributed by atoms with Gasteiger partial charge in [0.05, 0.1) is 5.56 Å². The van der Waals surface area contributed by atoms with E-state index in [0.717, 1.165) is 6.07 Å². The van der Waals surface area contributed by atoms with Gasteiger partial charge < -0.3 is 14.3 Å². The maximum Gasteiger partial charge on any atom is 1.00 e. The number of methoxy groups -OCH3 is 1. The smallest absolute Gasteiger partial charge is 0.872 e. The fraction of sp³-hybridized carbons (Fsp3) is 0.200. The van der Waals surface area contributed by atoms with Gasteiger partial charge in [-0.1, -0.05) is 36.1 Å². The number of benzene rings is 1. The van der Waals surface area contributed by atoms with Gasteiger partial charge in [-0.2, -0.15) is 0 Å². The number of hydrogen-bond donors (Lipinski definition) is 0. The van der Waals surface area contributed by atoms with E-state index in [-0.39, 0.29) is 35.3 Å². The summed E-state index contributed by atoms with van der Waals surface area (Å²) in [6.07, 6.45) is -1.01. The van der Waals surface area contributed by atoms with Crippen molar-refractivity contribution in [1.29, 1.82) is 0 Å². The molecule has 0 aliphatic rings. The number of hydrogen-bond acceptors (Lipinski definition) is 5. The Balaban J connectivity index is 0.00000220. The largest absolute Gasteiger partial charge is 1.00 e. The van der Waals surface area contributed by atoms with Gasteiger partial charge >= 0.3 is 35.2 Å². The zero-order valence-corrected chi connectivity index (χ0v) is 14.1. The summed E-state index contributed by atoms with van der Waals surface area (Å²) in [7, 11) is 1.34. The Labute approximate surface area is 143 Å². The van der Waals surface area contributed by atoms with Crippen molar-refractivity contribution in [2.24, 2.45) is 0 Å². The van der Waals surface area contributed by atoms with Gasteiger partial charge in [0.2, 0.25) is 5.78 Å². The third kappa shape index (κ3) is 3.83.